The van der Waals surface area contributed by atoms with Crippen LogP contribution in [0.4, 0.5) is 0 Å². The fourth-order valence-electron chi connectivity index (χ4n) is 1.08. The third kappa shape index (κ3) is 10.1. The highest BCUT2D eigenvalue weighted by Crippen LogP contribution is 1.88. The van der Waals surface area contributed by atoms with Crippen molar-refractivity contribution in [3.63, 3.8) is 0 Å². The van der Waals surface area contributed by atoms with E-state index in [0.717, 1.165) is 32.7 Å². The molecule has 0 saturated carbocycles. The monoisotopic (exact) mass is 228 g/mol. The Morgan fingerprint density at radius 1 is 1.46 bits per heavy atom. The van der Waals surface area contributed by atoms with Gasteiger partial charge in [0.2, 0.25) is 0 Å². The zero-order valence-corrected chi connectivity index (χ0v) is 9.06. The molecule has 0 aliphatic carbocycles. The molecule has 0 amide bonds. The van der Waals surface area contributed by atoms with Gasteiger partial charge in [0.15, 0.2) is 0 Å². The molecule has 1 unspecified atom stereocenters. The quantitative estimate of drug-likeness (QED) is 0.422. The minimum absolute atomic E-state index is 0.292. The number of thiol groups is 1. The fourth-order valence-corrected chi connectivity index (χ4v) is 1.08. The van der Waals surface area contributed by atoms with Crippen molar-refractivity contribution in [2.75, 3.05) is 39.3 Å². The molecule has 1 saturated heterocycles. The summed E-state index contributed by atoms with van der Waals surface area (Å²) < 4.78 is 16.3. The van der Waals surface area contributed by atoms with Crippen molar-refractivity contribution in [3.05, 3.63) is 0 Å². The molecule has 1 heterocycles. The van der Waals surface area contributed by atoms with Crippen LogP contribution in [-0.2, 0) is 20.8 Å². The van der Waals surface area contributed by atoms with E-state index in [1.54, 1.807) is 0 Å². The van der Waals surface area contributed by atoms with Gasteiger partial charge in [0.1, 0.15) is 9.64 Å². The molecule has 1 aliphatic heterocycles. The Bertz CT molecular complexity index is 170. The topological polar surface area (TPSA) is 72.8 Å². The second kappa shape index (κ2) is 8.79. The lowest BCUT2D eigenvalue weighted by Crippen LogP contribution is -2.44. The van der Waals surface area contributed by atoms with Crippen LogP contribution < -0.4 is 5.32 Å². The lowest BCUT2D eigenvalue weighted by atomic mass is 10.4. The summed E-state index contributed by atoms with van der Waals surface area (Å²) in [5, 5.41) is 11.8. The van der Waals surface area contributed by atoms with E-state index in [-0.39, 0.29) is 0 Å². The summed E-state index contributed by atoms with van der Waals surface area (Å²) in [6.07, 6.45) is 0. The van der Waals surface area contributed by atoms with Crippen molar-refractivity contribution in [2.45, 2.75) is 0 Å². The molecule has 80 valence electrons. The maximum absolute atomic E-state index is 8.96. The van der Waals surface area contributed by atoms with Crippen LogP contribution in [0, 0.1) is 0 Å². The predicted molar refractivity (Wildman–Crippen MR) is 55.9 cm³/mol. The van der Waals surface area contributed by atoms with Gasteiger partial charge in [-0.05, 0) is 0 Å². The van der Waals surface area contributed by atoms with Gasteiger partial charge in [0.25, 0.3) is 0 Å². The lowest BCUT2D eigenvalue weighted by molar-refractivity contribution is 0.180. The van der Waals surface area contributed by atoms with Gasteiger partial charge in [0, 0.05) is 43.9 Å². The minimum Gasteiger partial charge on any atom is -0.395 e. The smallest absolute Gasteiger partial charge is 0.130 e. The van der Waals surface area contributed by atoms with E-state index in [2.05, 4.69) is 21.4 Å². The maximum atomic E-state index is 8.96. The Labute approximate surface area is 84.7 Å². The van der Waals surface area contributed by atoms with Crippen molar-refractivity contribution >= 4 is 20.8 Å². The molecule has 3 N–H and O–H groups in total. The van der Waals surface area contributed by atoms with Gasteiger partial charge in [-0.3, -0.25) is 4.90 Å². The second-order valence-electron chi connectivity index (χ2n) is 2.55. The van der Waals surface area contributed by atoms with Crippen molar-refractivity contribution in [3.8, 4) is 0 Å². The summed E-state index contributed by atoms with van der Waals surface area (Å²) in [6.45, 7) is 5.43. The maximum Gasteiger partial charge on any atom is 0.130 e. The molecule has 7 heteroatoms. The third-order valence-corrected chi connectivity index (χ3v) is 1.63. The molecular formula is C6H16N2O3S2. The third-order valence-electron chi connectivity index (χ3n) is 1.63. The van der Waals surface area contributed by atoms with Crippen molar-refractivity contribution in [1.29, 1.82) is 0 Å². The van der Waals surface area contributed by atoms with E-state index in [0.29, 0.717) is 6.61 Å². The van der Waals surface area contributed by atoms with Crippen molar-refractivity contribution in [2.24, 2.45) is 0 Å². The van der Waals surface area contributed by atoms with Gasteiger partial charge in [-0.25, -0.2) is 4.21 Å². The highest BCUT2D eigenvalue weighted by molar-refractivity contribution is 8.18. The molecule has 5 nitrogen and oxygen atoms in total. The number of piperazine rings is 1. The van der Waals surface area contributed by atoms with Crippen molar-refractivity contribution < 1.29 is 13.9 Å². The zero-order chi connectivity index (χ0) is 10.1. The first kappa shape index (κ1) is 13.2. The van der Waals surface area contributed by atoms with Gasteiger partial charge < -0.3 is 15.0 Å². The summed E-state index contributed by atoms with van der Waals surface area (Å²) >= 11 is 3.69. The Morgan fingerprint density at radius 3 is 2.31 bits per heavy atom. The summed E-state index contributed by atoms with van der Waals surface area (Å²) in [4.78, 5) is 2.26. The fraction of sp³-hybridized carbons (Fsp3) is 1.00. The van der Waals surface area contributed by atoms with E-state index >= 15 is 0 Å². The first-order chi connectivity index (χ1) is 6.16. The highest BCUT2D eigenvalue weighted by atomic mass is 32.8. The molecule has 13 heavy (non-hydrogen) atoms. The van der Waals surface area contributed by atoms with E-state index < -0.39 is 9.64 Å². The number of nitrogens with one attached hydrogen (secondary N) is 1. The Morgan fingerprint density at radius 2 is 1.92 bits per heavy atom. The van der Waals surface area contributed by atoms with Crippen LogP contribution in [-0.4, -0.2) is 58.1 Å². The molecule has 0 aromatic rings. The Hall–Kier alpha value is 0.210. The number of nitrogens with zero attached hydrogens (tertiary/aromatic N) is 1. The number of aliphatic hydroxyl groups is 1. The molecule has 0 spiro atoms. The molecule has 1 rings (SSSR count). The molecule has 0 bridgehead atoms. The molecule has 0 aromatic heterocycles. The molecule has 1 atom stereocenters. The summed E-state index contributed by atoms with van der Waals surface area (Å²) in [5.74, 6) is 0. The van der Waals surface area contributed by atoms with Crippen molar-refractivity contribution in [1.82, 2.24) is 10.2 Å². The average molecular weight is 228 g/mol. The van der Waals surface area contributed by atoms with Crippen LogP contribution in [0.1, 0.15) is 0 Å². The average Bonchev–Trinajstić information content (AvgIpc) is 2.06. The molecule has 1 aliphatic rings. The SMILES string of the molecule is O=[SH](O)=S.OCCN1CCNCC1. The van der Waals surface area contributed by atoms with Gasteiger partial charge in [-0.1, -0.05) is 0 Å². The summed E-state index contributed by atoms with van der Waals surface area (Å²) in [5.41, 5.74) is 0. The number of hydrogen-bond donors (Lipinski definition) is 4. The van der Waals surface area contributed by atoms with Crippen LogP contribution in [0.25, 0.3) is 0 Å². The highest BCUT2D eigenvalue weighted by Gasteiger charge is 2.06. The largest absolute Gasteiger partial charge is 0.395 e. The first-order valence-electron chi connectivity index (χ1n) is 4.04. The van der Waals surface area contributed by atoms with Crippen LogP contribution in [0.15, 0.2) is 0 Å². The zero-order valence-electron chi connectivity index (χ0n) is 7.35. The number of aliphatic hydroxyl groups excluding tert-OH is 1. The van der Waals surface area contributed by atoms with Crippen LogP contribution in [0.2, 0.25) is 0 Å². The Kier molecular flexibility index (Phi) is 8.93. The van der Waals surface area contributed by atoms with Gasteiger partial charge >= 0.3 is 0 Å². The van der Waals surface area contributed by atoms with Gasteiger partial charge in [-0.2, -0.15) is 0 Å². The molecular weight excluding hydrogens is 212 g/mol. The van der Waals surface area contributed by atoms with Crippen LogP contribution in [0.3, 0.4) is 0 Å². The number of rotatable bonds is 2. The summed E-state index contributed by atoms with van der Waals surface area (Å²) in [7, 11) is -2.29. The van der Waals surface area contributed by atoms with E-state index in [9.17, 15) is 0 Å². The first-order valence-corrected chi connectivity index (χ1v) is 6.26. The number of hydrogen-bond acceptors (Lipinski definition) is 5. The lowest BCUT2D eigenvalue weighted by Gasteiger charge is -2.25. The van der Waals surface area contributed by atoms with Crippen LogP contribution >= 0.6 is 0 Å². The standard InChI is InChI=1S/C6H14N2O.H2O2S2/c9-6-5-8-3-1-7-2-4-8;1-4(2)3/h7,9H,1-6H2;4H,(H,1,2,3). The predicted octanol–water partition coefficient (Wildman–Crippen LogP) is -1.71. The molecule has 0 aromatic carbocycles. The normalized spacial score (nSPS) is 20.2. The summed E-state index contributed by atoms with van der Waals surface area (Å²) in [6, 6.07) is 0. The number of β-amino-alcohol motifs (C(OH)–C–C–N with tert-alkyl or cyclic N) is 1. The molecule has 0 radical (unpaired) electrons. The van der Waals surface area contributed by atoms with Crippen LogP contribution in [0.5, 0.6) is 0 Å². The van der Waals surface area contributed by atoms with Gasteiger partial charge in [-0.15, -0.1) is 0 Å². The van der Waals surface area contributed by atoms with Gasteiger partial charge in [0.05, 0.1) is 6.61 Å². The Balaban J connectivity index is 0.000000310. The van der Waals surface area contributed by atoms with E-state index in [1.165, 1.54) is 0 Å². The minimum atomic E-state index is -2.29. The molecule has 1 fully saturated rings. The van der Waals surface area contributed by atoms with E-state index in [4.69, 9.17) is 13.9 Å². The second-order valence-corrected chi connectivity index (χ2v) is 3.97. The van der Waals surface area contributed by atoms with E-state index in [1.807, 2.05) is 0 Å².